The maximum Gasteiger partial charge on any atom is 0.251 e. The van der Waals surface area contributed by atoms with Crippen LogP contribution >= 0.6 is 11.8 Å². The molecule has 5 nitrogen and oxygen atoms in total. The molecule has 2 bridgehead atoms. The molecule has 0 radical (unpaired) electrons. The van der Waals surface area contributed by atoms with Crippen LogP contribution in [0.25, 0.3) is 0 Å². The number of ether oxygens (including phenoxy) is 1. The highest BCUT2D eigenvalue weighted by Gasteiger charge is 2.69. The number of thioether (sulfide) groups is 1. The summed E-state index contributed by atoms with van der Waals surface area (Å²) in [5.41, 5.74) is 0. The molecule has 3 heterocycles. The number of benzene rings is 1. The van der Waals surface area contributed by atoms with Crippen LogP contribution in [0.15, 0.2) is 42.5 Å². The van der Waals surface area contributed by atoms with E-state index in [0.29, 0.717) is 10.6 Å². The molecule has 4 atom stereocenters. The molecule has 21 heavy (non-hydrogen) atoms. The van der Waals surface area contributed by atoms with Gasteiger partial charge in [0, 0.05) is 5.25 Å². The first kappa shape index (κ1) is 12.5. The topological polar surface area (TPSA) is 70.4 Å². The summed E-state index contributed by atoms with van der Waals surface area (Å²) in [6, 6.07) is 9.20. The van der Waals surface area contributed by atoms with Crippen LogP contribution in [0.5, 0.6) is 5.75 Å². The van der Waals surface area contributed by atoms with Crippen LogP contribution in [0.3, 0.4) is 0 Å². The van der Waals surface area contributed by atoms with Crippen molar-refractivity contribution < 1.29 is 14.3 Å². The van der Waals surface area contributed by atoms with E-state index in [1.807, 2.05) is 42.5 Å². The fourth-order valence-corrected chi connectivity index (χ4v) is 4.93. The van der Waals surface area contributed by atoms with Crippen molar-refractivity contribution in [3.8, 4) is 11.9 Å². The Morgan fingerprint density at radius 1 is 1.24 bits per heavy atom. The van der Waals surface area contributed by atoms with Crippen molar-refractivity contribution in [3.05, 3.63) is 42.5 Å². The van der Waals surface area contributed by atoms with Crippen LogP contribution in [0.1, 0.15) is 0 Å². The van der Waals surface area contributed by atoms with Crippen LogP contribution in [0, 0.1) is 23.3 Å². The van der Waals surface area contributed by atoms with Crippen LogP contribution in [-0.4, -0.2) is 26.9 Å². The molecule has 4 rings (SSSR count). The number of para-hydroxylation sites is 1. The summed E-state index contributed by atoms with van der Waals surface area (Å²) in [6.07, 6.45) is 5.44. The first-order valence-electron chi connectivity index (χ1n) is 6.55. The van der Waals surface area contributed by atoms with E-state index in [-0.39, 0.29) is 5.25 Å². The molecule has 0 saturated carbocycles. The largest absolute Gasteiger partial charge is 0.472 e. The van der Waals surface area contributed by atoms with Gasteiger partial charge in [-0.05, 0) is 18.2 Å². The van der Waals surface area contributed by atoms with Crippen molar-refractivity contribution >= 4 is 23.6 Å². The van der Waals surface area contributed by atoms with E-state index in [0.717, 1.165) is 0 Å². The van der Waals surface area contributed by atoms with Gasteiger partial charge in [-0.15, -0.1) is 11.8 Å². The zero-order valence-corrected chi connectivity index (χ0v) is 11.6. The number of hydrogen-bond donors (Lipinski definition) is 0. The van der Waals surface area contributed by atoms with Crippen molar-refractivity contribution in [2.75, 3.05) is 0 Å². The second-order valence-electron chi connectivity index (χ2n) is 5.19. The van der Waals surface area contributed by atoms with Crippen molar-refractivity contribution in [1.82, 2.24) is 4.90 Å². The lowest BCUT2D eigenvalue weighted by atomic mass is 9.83. The molecule has 3 aliphatic heterocycles. The molecular formula is C15H10N2O3S. The van der Waals surface area contributed by atoms with Crippen molar-refractivity contribution in [3.63, 3.8) is 0 Å². The zero-order chi connectivity index (χ0) is 14.6. The standard InChI is InChI=1S/C15H10N2O3S/c16-8-17-13(18)11-10-6-7-15(21-10,12(11)14(17)19)20-9-4-2-1-3-5-9/h1-7,10-12H. The summed E-state index contributed by atoms with van der Waals surface area (Å²) in [4.78, 5) is 24.4. The Balaban J connectivity index is 1.74. The first-order valence-corrected chi connectivity index (χ1v) is 7.43. The number of amides is 2. The zero-order valence-electron chi connectivity index (χ0n) is 10.8. The lowest BCUT2D eigenvalue weighted by Crippen LogP contribution is -2.41. The van der Waals surface area contributed by atoms with Gasteiger partial charge in [0.05, 0.1) is 5.92 Å². The first-order chi connectivity index (χ1) is 10.2. The number of nitriles is 1. The van der Waals surface area contributed by atoms with Gasteiger partial charge >= 0.3 is 0 Å². The Kier molecular flexibility index (Phi) is 2.45. The van der Waals surface area contributed by atoms with E-state index in [9.17, 15) is 9.59 Å². The minimum atomic E-state index is -0.880. The molecule has 2 saturated heterocycles. The minimum absolute atomic E-state index is 0.103. The molecule has 0 aromatic heterocycles. The molecule has 4 unspecified atom stereocenters. The Hall–Kier alpha value is -2.26. The van der Waals surface area contributed by atoms with Gasteiger partial charge in [0.1, 0.15) is 11.7 Å². The van der Waals surface area contributed by atoms with Crippen LogP contribution in [0.2, 0.25) is 0 Å². The Bertz CT molecular complexity index is 711. The number of hydrogen-bond acceptors (Lipinski definition) is 5. The van der Waals surface area contributed by atoms with Crippen molar-refractivity contribution in [2.24, 2.45) is 11.8 Å². The molecule has 1 aromatic rings. The van der Waals surface area contributed by atoms with Gasteiger partial charge < -0.3 is 4.74 Å². The average molecular weight is 298 g/mol. The SMILES string of the molecule is N#CN1C(=O)C2C3C=CC(Oc4ccccc4)(S3)C2C1=O. The third kappa shape index (κ3) is 1.52. The fraction of sp³-hybridized carbons (Fsp3) is 0.267. The maximum atomic E-state index is 12.4. The van der Waals surface area contributed by atoms with Gasteiger partial charge in [0.2, 0.25) is 5.91 Å². The molecule has 2 amide bonds. The highest BCUT2D eigenvalue weighted by molar-refractivity contribution is 8.02. The summed E-state index contributed by atoms with van der Waals surface area (Å²) >= 11 is 1.47. The summed E-state index contributed by atoms with van der Waals surface area (Å²) in [5.74, 6) is -1.33. The van der Waals surface area contributed by atoms with Crippen molar-refractivity contribution in [2.45, 2.75) is 10.2 Å². The third-order valence-electron chi connectivity index (χ3n) is 4.10. The number of rotatable bonds is 2. The fourth-order valence-electron chi connectivity index (χ4n) is 3.23. The molecule has 0 N–H and O–H groups in total. The maximum absolute atomic E-state index is 12.4. The van der Waals surface area contributed by atoms with E-state index in [4.69, 9.17) is 10.00 Å². The predicted octanol–water partition coefficient (Wildman–Crippen LogP) is 1.53. The smallest absolute Gasteiger partial charge is 0.251 e. The normalized spacial score (nSPS) is 36.0. The lowest BCUT2D eigenvalue weighted by Gasteiger charge is -2.29. The molecule has 6 heteroatoms. The highest BCUT2D eigenvalue weighted by atomic mass is 32.2. The van der Waals surface area contributed by atoms with Gasteiger partial charge in [-0.2, -0.15) is 10.2 Å². The molecular weight excluding hydrogens is 288 g/mol. The number of nitrogens with zero attached hydrogens (tertiary/aromatic N) is 2. The lowest BCUT2D eigenvalue weighted by molar-refractivity contribution is -0.136. The van der Waals surface area contributed by atoms with Gasteiger partial charge in [-0.25, -0.2) is 0 Å². The van der Waals surface area contributed by atoms with E-state index in [2.05, 4.69) is 0 Å². The summed E-state index contributed by atoms with van der Waals surface area (Å²) in [6.45, 7) is 0. The molecule has 3 aliphatic rings. The highest BCUT2D eigenvalue weighted by Crippen LogP contribution is 2.60. The summed E-state index contributed by atoms with van der Waals surface area (Å²) in [7, 11) is 0. The van der Waals surface area contributed by atoms with Gasteiger partial charge in [0.15, 0.2) is 11.1 Å². The minimum Gasteiger partial charge on any atom is -0.472 e. The van der Waals surface area contributed by atoms with Gasteiger partial charge in [-0.3, -0.25) is 9.59 Å². The number of carbonyl (C=O) groups excluding carboxylic acids is 2. The molecule has 0 spiro atoms. The predicted molar refractivity (Wildman–Crippen MR) is 74.8 cm³/mol. The average Bonchev–Trinajstić information content (AvgIpc) is 3.11. The Labute approximate surface area is 125 Å². The third-order valence-corrected chi connectivity index (χ3v) is 5.66. The van der Waals surface area contributed by atoms with E-state index in [1.165, 1.54) is 11.8 Å². The van der Waals surface area contributed by atoms with E-state index in [1.54, 1.807) is 6.19 Å². The second-order valence-corrected chi connectivity index (χ2v) is 6.61. The quantitative estimate of drug-likeness (QED) is 0.470. The molecule has 0 aliphatic carbocycles. The summed E-state index contributed by atoms with van der Waals surface area (Å²) in [5, 5.41) is 8.89. The van der Waals surface area contributed by atoms with E-state index < -0.39 is 28.6 Å². The van der Waals surface area contributed by atoms with Gasteiger partial charge in [-0.1, -0.05) is 24.3 Å². The number of fused-ring (bicyclic) bond motifs is 5. The second kappa shape index (κ2) is 4.12. The van der Waals surface area contributed by atoms with Crippen LogP contribution in [0.4, 0.5) is 0 Å². The number of imide groups is 1. The van der Waals surface area contributed by atoms with Gasteiger partial charge in [0.25, 0.3) is 5.91 Å². The summed E-state index contributed by atoms with van der Waals surface area (Å²) < 4.78 is 6.05. The Morgan fingerprint density at radius 3 is 2.71 bits per heavy atom. The number of carbonyl (C=O) groups is 2. The molecule has 2 fully saturated rings. The molecule has 104 valence electrons. The van der Waals surface area contributed by atoms with Crippen molar-refractivity contribution in [1.29, 1.82) is 5.26 Å². The van der Waals surface area contributed by atoms with E-state index >= 15 is 0 Å². The number of likely N-dealkylation sites (tertiary alicyclic amines) is 1. The Morgan fingerprint density at radius 2 is 2.00 bits per heavy atom. The van der Waals surface area contributed by atoms with Crippen LogP contribution in [-0.2, 0) is 9.59 Å². The van der Waals surface area contributed by atoms with Crippen LogP contribution < -0.4 is 4.74 Å². The molecule has 1 aromatic carbocycles. The monoisotopic (exact) mass is 298 g/mol.